The molecule has 0 bridgehead atoms. The Bertz CT molecular complexity index is 590. The van der Waals surface area contributed by atoms with Gasteiger partial charge in [-0.3, -0.25) is 14.9 Å². The summed E-state index contributed by atoms with van der Waals surface area (Å²) in [7, 11) is 0. The largest absolute Gasteiger partial charge is 0.330 e. The highest BCUT2D eigenvalue weighted by atomic mass is 32.1. The van der Waals surface area contributed by atoms with Gasteiger partial charge in [0.2, 0.25) is 16.9 Å². The molecule has 24 heavy (non-hydrogen) atoms. The molecule has 134 valence electrons. The van der Waals surface area contributed by atoms with Gasteiger partial charge in [-0.2, -0.15) is 0 Å². The molecule has 1 N–H and O–H groups in total. The predicted octanol–water partition coefficient (Wildman–Crippen LogP) is 3.42. The zero-order chi connectivity index (χ0) is 17.9. The van der Waals surface area contributed by atoms with E-state index < -0.39 is 11.5 Å². The van der Waals surface area contributed by atoms with Gasteiger partial charge in [-0.05, 0) is 25.7 Å². The maximum atomic E-state index is 12.6. The van der Waals surface area contributed by atoms with E-state index in [0.717, 1.165) is 24.3 Å². The van der Waals surface area contributed by atoms with Gasteiger partial charge in [-0.25, -0.2) is 0 Å². The molecule has 1 aromatic heterocycles. The monoisotopic (exact) mass is 352 g/mol. The molecule has 2 rings (SSSR count). The number of rotatable bonds is 5. The van der Waals surface area contributed by atoms with Crippen molar-refractivity contribution < 1.29 is 9.59 Å². The van der Waals surface area contributed by atoms with E-state index in [9.17, 15) is 9.59 Å². The first-order valence-electron chi connectivity index (χ1n) is 8.73. The zero-order valence-corrected chi connectivity index (χ0v) is 16.1. The van der Waals surface area contributed by atoms with Crippen molar-refractivity contribution in [1.29, 1.82) is 0 Å². The lowest BCUT2D eigenvalue weighted by molar-refractivity contribution is -0.143. The van der Waals surface area contributed by atoms with E-state index in [1.54, 1.807) is 4.90 Å². The second-order valence-electron chi connectivity index (χ2n) is 7.35. The molecule has 0 saturated carbocycles. The van der Waals surface area contributed by atoms with Gasteiger partial charge in [0.15, 0.2) is 0 Å². The molecule has 0 aromatic carbocycles. The van der Waals surface area contributed by atoms with E-state index in [1.807, 2.05) is 20.8 Å². The maximum Gasteiger partial charge on any atom is 0.249 e. The lowest BCUT2D eigenvalue weighted by Gasteiger charge is -2.29. The highest BCUT2D eigenvalue weighted by Crippen LogP contribution is 2.29. The molecular weight excluding hydrogens is 324 g/mol. The second-order valence-corrected chi connectivity index (χ2v) is 8.36. The molecule has 0 spiro atoms. The molecule has 0 radical (unpaired) electrons. The molecule has 1 aliphatic heterocycles. The number of amides is 2. The number of aromatic nitrogens is 2. The van der Waals surface area contributed by atoms with Gasteiger partial charge >= 0.3 is 0 Å². The summed E-state index contributed by atoms with van der Waals surface area (Å²) in [6.07, 6.45) is 3.58. The number of hydrogen-bond donors (Lipinski definition) is 1. The third-order valence-electron chi connectivity index (χ3n) is 4.46. The van der Waals surface area contributed by atoms with Crippen LogP contribution in [0.25, 0.3) is 0 Å². The minimum absolute atomic E-state index is 0.0233. The third-order valence-corrected chi connectivity index (χ3v) is 5.46. The Labute approximate surface area is 148 Å². The van der Waals surface area contributed by atoms with Crippen LogP contribution in [0.3, 0.4) is 0 Å². The Hall–Kier alpha value is -1.50. The van der Waals surface area contributed by atoms with E-state index in [4.69, 9.17) is 0 Å². The fourth-order valence-electron chi connectivity index (χ4n) is 2.99. The van der Waals surface area contributed by atoms with Gasteiger partial charge in [0.1, 0.15) is 11.0 Å². The number of likely N-dealkylation sites (tertiary alicyclic amines) is 1. The maximum absolute atomic E-state index is 12.6. The lowest BCUT2D eigenvalue weighted by atomic mass is 9.94. The van der Waals surface area contributed by atoms with Crippen LogP contribution in [0.1, 0.15) is 71.2 Å². The van der Waals surface area contributed by atoms with Crippen LogP contribution in [0.2, 0.25) is 0 Å². The average Bonchev–Trinajstić information content (AvgIpc) is 3.16. The van der Waals surface area contributed by atoms with Crippen molar-refractivity contribution in [2.75, 3.05) is 11.9 Å². The van der Waals surface area contributed by atoms with Crippen molar-refractivity contribution in [3.8, 4) is 0 Å². The van der Waals surface area contributed by atoms with Crippen LogP contribution in [0.5, 0.6) is 0 Å². The number of nitrogens with one attached hydrogen (secondary N) is 1. The minimum atomic E-state index is -0.478. The molecule has 1 atom stereocenters. The topological polar surface area (TPSA) is 75.2 Å². The van der Waals surface area contributed by atoms with Crippen molar-refractivity contribution >= 4 is 28.3 Å². The molecule has 1 saturated heterocycles. The normalized spacial score (nSPS) is 18.2. The first kappa shape index (κ1) is 18.8. The molecule has 2 amide bonds. The van der Waals surface area contributed by atoms with Crippen molar-refractivity contribution in [3.63, 3.8) is 0 Å². The Morgan fingerprint density at radius 3 is 2.54 bits per heavy atom. The van der Waals surface area contributed by atoms with Crippen LogP contribution in [-0.4, -0.2) is 39.5 Å². The molecule has 2 heterocycles. The lowest BCUT2D eigenvalue weighted by Crippen LogP contribution is -2.47. The summed E-state index contributed by atoms with van der Waals surface area (Å²) >= 11 is 1.43. The van der Waals surface area contributed by atoms with Crippen LogP contribution >= 0.6 is 11.3 Å². The fraction of sp³-hybridized carbons (Fsp3) is 0.765. The van der Waals surface area contributed by atoms with Crippen LogP contribution in [0, 0.1) is 5.41 Å². The Morgan fingerprint density at radius 1 is 1.29 bits per heavy atom. The smallest absolute Gasteiger partial charge is 0.249 e. The van der Waals surface area contributed by atoms with Gasteiger partial charge in [0.25, 0.3) is 0 Å². The van der Waals surface area contributed by atoms with Crippen molar-refractivity contribution in [2.45, 2.75) is 72.3 Å². The molecule has 7 heteroatoms. The van der Waals surface area contributed by atoms with Crippen molar-refractivity contribution in [3.05, 3.63) is 5.01 Å². The molecule has 6 nitrogen and oxygen atoms in total. The Morgan fingerprint density at radius 2 is 1.96 bits per heavy atom. The molecule has 1 fully saturated rings. The van der Waals surface area contributed by atoms with E-state index in [-0.39, 0.29) is 11.8 Å². The standard InChI is InChI=1S/C17H28N4O2S/c1-6-11(7-2)14-19-20-16(24-14)18-13(22)12-9-8-10-21(12)15(23)17(3,4)5/h11-12H,6-10H2,1-5H3,(H,18,20,22). The first-order valence-corrected chi connectivity index (χ1v) is 9.54. The Kier molecular flexibility index (Phi) is 5.96. The van der Waals surface area contributed by atoms with Crippen molar-refractivity contribution in [1.82, 2.24) is 15.1 Å². The Balaban J connectivity index is 2.05. The predicted molar refractivity (Wildman–Crippen MR) is 96.1 cm³/mol. The van der Waals surface area contributed by atoms with Gasteiger partial charge in [0, 0.05) is 17.9 Å². The highest BCUT2D eigenvalue weighted by molar-refractivity contribution is 7.15. The van der Waals surface area contributed by atoms with Gasteiger partial charge in [0.05, 0.1) is 0 Å². The van der Waals surface area contributed by atoms with E-state index in [1.165, 1.54) is 11.3 Å². The molecule has 1 unspecified atom stereocenters. The SMILES string of the molecule is CCC(CC)c1nnc(NC(=O)C2CCCN2C(=O)C(C)(C)C)s1. The molecule has 1 aliphatic rings. The van der Waals surface area contributed by atoms with E-state index >= 15 is 0 Å². The third kappa shape index (κ3) is 4.12. The van der Waals surface area contributed by atoms with Crippen LogP contribution in [-0.2, 0) is 9.59 Å². The quantitative estimate of drug-likeness (QED) is 0.881. The van der Waals surface area contributed by atoms with Gasteiger partial charge < -0.3 is 4.90 Å². The number of hydrogen-bond acceptors (Lipinski definition) is 5. The number of nitrogens with zero attached hydrogens (tertiary/aromatic N) is 3. The molecular formula is C17H28N4O2S. The summed E-state index contributed by atoms with van der Waals surface area (Å²) < 4.78 is 0. The van der Waals surface area contributed by atoms with Crippen LogP contribution < -0.4 is 5.32 Å². The fourth-order valence-corrected chi connectivity index (χ4v) is 4.00. The van der Waals surface area contributed by atoms with E-state index in [2.05, 4.69) is 29.4 Å². The van der Waals surface area contributed by atoms with Gasteiger partial charge in [-0.15, -0.1) is 10.2 Å². The number of carbonyl (C=O) groups excluding carboxylic acids is 2. The number of anilines is 1. The zero-order valence-electron chi connectivity index (χ0n) is 15.3. The summed E-state index contributed by atoms with van der Waals surface area (Å²) in [4.78, 5) is 26.8. The first-order chi connectivity index (χ1) is 11.3. The summed E-state index contributed by atoms with van der Waals surface area (Å²) in [5.74, 6) is 0.256. The summed E-state index contributed by atoms with van der Waals surface area (Å²) in [6.45, 7) is 10.5. The number of carbonyl (C=O) groups is 2. The highest BCUT2D eigenvalue weighted by Gasteiger charge is 2.38. The van der Waals surface area contributed by atoms with Crippen LogP contribution in [0.4, 0.5) is 5.13 Å². The van der Waals surface area contributed by atoms with E-state index in [0.29, 0.717) is 24.0 Å². The van der Waals surface area contributed by atoms with Crippen LogP contribution in [0.15, 0.2) is 0 Å². The minimum Gasteiger partial charge on any atom is -0.330 e. The van der Waals surface area contributed by atoms with Crippen molar-refractivity contribution in [2.24, 2.45) is 5.41 Å². The molecule has 1 aromatic rings. The van der Waals surface area contributed by atoms with Gasteiger partial charge in [-0.1, -0.05) is 46.0 Å². The molecule has 0 aliphatic carbocycles. The summed E-state index contributed by atoms with van der Waals surface area (Å²) in [5, 5.41) is 12.6. The summed E-state index contributed by atoms with van der Waals surface area (Å²) in [5.41, 5.74) is -0.478. The summed E-state index contributed by atoms with van der Waals surface area (Å²) in [6, 6.07) is -0.405. The average molecular weight is 353 g/mol. The second kappa shape index (κ2) is 7.59.